The van der Waals surface area contributed by atoms with E-state index in [-0.39, 0.29) is 11.2 Å². The molecule has 2 N–H and O–H groups in total. The summed E-state index contributed by atoms with van der Waals surface area (Å²) in [6.07, 6.45) is 0. The van der Waals surface area contributed by atoms with Crippen molar-refractivity contribution in [1.82, 2.24) is 9.97 Å². The first kappa shape index (κ1) is 13.6. The van der Waals surface area contributed by atoms with E-state index >= 15 is 0 Å². The summed E-state index contributed by atoms with van der Waals surface area (Å²) in [5.41, 5.74) is 7.95. The molecule has 100 valence electrons. The van der Waals surface area contributed by atoms with E-state index in [1.165, 1.54) is 12.1 Å². The fourth-order valence-corrected chi connectivity index (χ4v) is 2.01. The third-order valence-electron chi connectivity index (χ3n) is 3.24. The number of benzene rings is 1. The maximum Gasteiger partial charge on any atom is 0.138 e. The van der Waals surface area contributed by atoms with Gasteiger partial charge in [-0.15, -0.1) is 0 Å². The molecule has 0 fully saturated rings. The van der Waals surface area contributed by atoms with Gasteiger partial charge in [0.15, 0.2) is 0 Å². The first-order valence-corrected chi connectivity index (χ1v) is 6.24. The number of aromatic nitrogens is 2. The predicted molar refractivity (Wildman–Crippen MR) is 73.2 cm³/mol. The van der Waals surface area contributed by atoms with Crippen molar-refractivity contribution in [2.45, 2.75) is 32.7 Å². The highest BCUT2D eigenvalue weighted by molar-refractivity contribution is 5.32. The molecular formula is C15H18FN3. The average molecular weight is 259 g/mol. The van der Waals surface area contributed by atoms with Crippen LogP contribution in [0.25, 0.3) is 0 Å². The maximum atomic E-state index is 13.0. The molecule has 1 aromatic carbocycles. The zero-order chi connectivity index (χ0) is 14.0. The highest BCUT2D eigenvalue weighted by Gasteiger charge is 2.26. The largest absolute Gasteiger partial charge is 0.325 e. The molecule has 1 heterocycles. The number of aryl methyl sites for hydroxylation is 1. The summed E-state index contributed by atoms with van der Waals surface area (Å²) in [4.78, 5) is 8.98. The standard InChI is InChI=1S/C15H18FN3/c1-10-8-13(9-17)19-14(18-10)15(2,3)11-4-6-12(16)7-5-11/h4-8H,9,17H2,1-3H3. The summed E-state index contributed by atoms with van der Waals surface area (Å²) < 4.78 is 13.0. The predicted octanol–water partition coefficient (Wildman–Crippen LogP) is 2.71. The van der Waals surface area contributed by atoms with Crippen molar-refractivity contribution in [2.75, 3.05) is 0 Å². The monoisotopic (exact) mass is 259 g/mol. The minimum atomic E-state index is -0.385. The molecule has 0 spiro atoms. The Kier molecular flexibility index (Phi) is 3.62. The van der Waals surface area contributed by atoms with Gasteiger partial charge in [-0.1, -0.05) is 12.1 Å². The summed E-state index contributed by atoms with van der Waals surface area (Å²) in [5.74, 6) is 0.465. The summed E-state index contributed by atoms with van der Waals surface area (Å²) in [5, 5.41) is 0. The van der Waals surface area contributed by atoms with E-state index in [1.807, 2.05) is 26.8 Å². The van der Waals surface area contributed by atoms with Gasteiger partial charge >= 0.3 is 0 Å². The fourth-order valence-electron chi connectivity index (χ4n) is 2.01. The van der Waals surface area contributed by atoms with Crippen LogP contribution in [-0.2, 0) is 12.0 Å². The Hall–Kier alpha value is -1.81. The average Bonchev–Trinajstić information content (AvgIpc) is 2.38. The van der Waals surface area contributed by atoms with E-state index in [1.54, 1.807) is 12.1 Å². The SMILES string of the molecule is Cc1cc(CN)nc(C(C)(C)c2ccc(F)cc2)n1. The lowest BCUT2D eigenvalue weighted by atomic mass is 9.83. The van der Waals surface area contributed by atoms with Crippen LogP contribution in [0.1, 0.15) is 36.6 Å². The zero-order valence-corrected chi connectivity index (χ0v) is 11.4. The molecular weight excluding hydrogens is 241 g/mol. The highest BCUT2D eigenvalue weighted by atomic mass is 19.1. The maximum absolute atomic E-state index is 13.0. The van der Waals surface area contributed by atoms with Crippen LogP contribution in [0.4, 0.5) is 4.39 Å². The first-order valence-electron chi connectivity index (χ1n) is 6.24. The molecule has 0 aliphatic rings. The van der Waals surface area contributed by atoms with Crippen molar-refractivity contribution < 1.29 is 4.39 Å². The van der Waals surface area contributed by atoms with Crippen molar-refractivity contribution >= 4 is 0 Å². The van der Waals surface area contributed by atoms with Crippen molar-refractivity contribution in [3.05, 3.63) is 58.9 Å². The third-order valence-corrected chi connectivity index (χ3v) is 3.24. The summed E-state index contributed by atoms with van der Waals surface area (Å²) in [7, 11) is 0. The van der Waals surface area contributed by atoms with Gasteiger partial charge in [-0.3, -0.25) is 0 Å². The zero-order valence-electron chi connectivity index (χ0n) is 11.4. The van der Waals surface area contributed by atoms with E-state index in [4.69, 9.17) is 5.73 Å². The van der Waals surface area contributed by atoms with Crippen LogP contribution in [0, 0.1) is 12.7 Å². The number of hydrogen-bond donors (Lipinski definition) is 1. The molecule has 3 nitrogen and oxygen atoms in total. The second kappa shape index (κ2) is 5.05. The topological polar surface area (TPSA) is 51.8 Å². The number of hydrogen-bond acceptors (Lipinski definition) is 3. The first-order chi connectivity index (χ1) is 8.93. The van der Waals surface area contributed by atoms with Gasteiger partial charge in [-0.05, 0) is 44.5 Å². The fraction of sp³-hybridized carbons (Fsp3) is 0.333. The molecule has 0 atom stereocenters. The molecule has 0 amide bonds. The van der Waals surface area contributed by atoms with Gasteiger partial charge in [0.2, 0.25) is 0 Å². The van der Waals surface area contributed by atoms with Crippen molar-refractivity contribution in [1.29, 1.82) is 0 Å². The van der Waals surface area contributed by atoms with Gasteiger partial charge < -0.3 is 5.73 Å². The van der Waals surface area contributed by atoms with Crippen LogP contribution < -0.4 is 5.73 Å². The molecule has 0 aliphatic heterocycles. The second-order valence-electron chi connectivity index (χ2n) is 5.16. The molecule has 0 aliphatic carbocycles. The van der Waals surface area contributed by atoms with Crippen molar-refractivity contribution in [3.63, 3.8) is 0 Å². The van der Waals surface area contributed by atoms with E-state index in [0.717, 1.165) is 17.0 Å². The Balaban J connectivity index is 2.49. The smallest absolute Gasteiger partial charge is 0.138 e. The molecule has 19 heavy (non-hydrogen) atoms. The minimum absolute atomic E-state index is 0.243. The van der Waals surface area contributed by atoms with Gasteiger partial charge in [0, 0.05) is 17.7 Å². The van der Waals surface area contributed by atoms with Crippen molar-refractivity contribution in [2.24, 2.45) is 5.73 Å². The summed E-state index contributed by atoms with van der Waals surface area (Å²) in [6, 6.07) is 8.32. The molecule has 0 unspecified atom stereocenters. The Morgan fingerprint density at radius 2 is 1.79 bits per heavy atom. The number of nitrogens with zero attached hydrogens (tertiary/aromatic N) is 2. The van der Waals surface area contributed by atoms with E-state index in [0.29, 0.717) is 12.4 Å². The van der Waals surface area contributed by atoms with Gasteiger partial charge in [-0.2, -0.15) is 0 Å². The third kappa shape index (κ3) is 2.79. The number of nitrogens with two attached hydrogens (primary N) is 1. The number of halogens is 1. The lowest BCUT2D eigenvalue weighted by molar-refractivity contribution is 0.576. The van der Waals surface area contributed by atoms with Crippen LogP contribution in [0.2, 0.25) is 0 Å². The van der Waals surface area contributed by atoms with Gasteiger partial charge in [0.25, 0.3) is 0 Å². The normalized spacial score (nSPS) is 11.6. The van der Waals surface area contributed by atoms with E-state index in [2.05, 4.69) is 9.97 Å². The Bertz CT molecular complexity index is 576. The van der Waals surface area contributed by atoms with Gasteiger partial charge in [-0.25, -0.2) is 14.4 Å². The van der Waals surface area contributed by atoms with Crippen molar-refractivity contribution in [3.8, 4) is 0 Å². The lowest BCUT2D eigenvalue weighted by Gasteiger charge is -2.24. The van der Waals surface area contributed by atoms with Crippen LogP contribution >= 0.6 is 0 Å². The Labute approximate surface area is 112 Å². The van der Waals surface area contributed by atoms with Crippen LogP contribution in [0.15, 0.2) is 30.3 Å². The quantitative estimate of drug-likeness (QED) is 0.922. The highest BCUT2D eigenvalue weighted by Crippen LogP contribution is 2.29. The molecule has 0 radical (unpaired) electrons. The molecule has 2 aromatic rings. The number of rotatable bonds is 3. The van der Waals surface area contributed by atoms with Gasteiger partial charge in [0.05, 0.1) is 5.69 Å². The molecule has 2 rings (SSSR count). The van der Waals surface area contributed by atoms with Gasteiger partial charge in [0.1, 0.15) is 11.6 Å². The Morgan fingerprint density at radius 3 is 2.37 bits per heavy atom. The molecule has 1 aromatic heterocycles. The molecule has 4 heteroatoms. The van der Waals surface area contributed by atoms with Crippen LogP contribution in [0.5, 0.6) is 0 Å². The Morgan fingerprint density at radius 1 is 1.16 bits per heavy atom. The van der Waals surface area contributed by atoms with E-state index < -0.39 is 0 Å². The molecule has 0 bridgehead atoms. The lowest BCUT2D eigenvalue weighted by Crippen LogP contribution is -2.24. The second-order valence-corrected chi connectivity index (χ2v) is 5.16. The molecule has 0 saturated carbocycles. The minimum Gasteiger partial charge on any atom is -0.325 e. The summed E-state index contributed by atoms with van der Waals surface area (Å²) >= 11 is 0. The van der Waals surface area contributed by atoms with Crippen LogP contribution in [-0.4, -0.2) is 9.97 Å². The van der Waals surface area contributed by atoms with E-state index in [9.17, 15) is 4.39 Å². The van der Waals surface area contributed by atoms with Crippen LogP contribution in [0.3, 0.4) is 0 Å². The molecule has 0 saturated heterocycles. The summed E-state index contributed by atoms with van der Waals surface area (Å²) in [6.45, 7) is 6.35.